The van der Waals surface area contributed by atoms with Gasteiger partial charge >= 0.3 is 0 Å². The van der Waals surface area contributed by atoms with Crippen LogP contribution in [0.25, 0.3) is 0 Å². The number of benzene rings is 1. The third-order valence-corrected chi connectivity index (χ3v) is 3.15. The van der Waals surface area contributed by atoms with Gasteiger partial charge in [0.25, 0.3) is 5.69 Å². The second-order valence-electron chi connectivity index (χ2n) is 3.64. The quantitative estimate of drug-likeness (QED) is 0.486. The van der Waals surface area contributed by atoms with E-state index in [9.17, 15) is 10.1 Å². The Kier molecular flexibility index (Phi) is 3.88. The van der Waals surface area contributed by atoms with Gasteiger partial charge in [-0.25, -0.2) is 5.84 Å². The maximum absolute atomic E-state index is 10.7. The van der Waals surface area contributed by atoms with E-state index in [0.717, 1.165) is 0 Å². The molecule has 0 aliphatic heterocycles. The van der Waals surface area contributed by atoms with Gasteiger partial charge in [-0.3, -0.25) is 15.5 Å². The summed E-state index contributed by atoms with van der Waals surface area (Å²) in [5.74, 6) is 5.73. The number of rotatable bonds is 5. The molecule has 0 fully saturated rings. The molecule has 2 aromatic rings. The number of anilines is 1. The molecule has 19 heavy (non-hydrogen) atoms. The van der Waals surface area contributed by atoms with E-state index in [-0.39, 0.29) is 12.3 Å². The van der Waals surface area contributed by atoms with Gasteiger partial charge in [-0.15, -0.1) is 10.2 Å². The van der Waals surface area contributed by atoms with E-state index < -0.39 is 4.92 Å². The normalized spacial score (nSPS) is 10.2. The third kappa shape index (κ3) is 3.14. The van der Waals surface area contributed by atoms with Crippen LogP contribution in [-0.2, 0) is 6.61 Å². The Balaban J connectivity index is 2.03. The molecule has 0 atom stereocenters. The highest BCUT2D eigenvalue weighted by Crippen LogP contribution is 2.24. The topological polar surface area (TPSA) is 116 Å². The van der Waals surface area contributed by atoms with Crippen molar-refractivity contribution in [2.24, 2.45) is 5.84 Å². The molecule has 0 spiro atoms. The van der Waals surface area contributed by atoms with Gasteiger partial charge in [-0.2, -0.15) is 0 Å². The Morgan fingerprint density at radius 2 is 2.32 bits per heavy atom. The van der Waals surface area contributed by atoms with Crippen LogP contribution in [0.4, 0.5) is 10.8 Å². The van der Waals surface area contributed by atoms with Crippen molar-refractivity contribution in [3.05, 3.63) is 38.9 Å². The molecule has 100 valence electrons. The van der Waals surface area contributed by atoms with Crippen LogP contribution in [0.2, 0.25) is 0 Å². The molecule has 9 heteroatoms. The number of aryl methyl sites for hydroxylation is 1. The minimum atomic E-state index is -0.428. The van der Waals surface area contributed by atoms with E-state index in [1.54, 1.807) is 19.1 Å². The number of hydrogen-bond acceptors (Lipinski definition) is 8. The van der Waals surface area contributed by atoms with E-state index >= 15 is 0 Å². The number of ether oxygens (including phenoxy) is 1. The molecular weight excluding hydrogens is 270 g/mol. The highest BCUT2D eigenvalue weighted by Gasteiger charge is 2.11. The summed E-state index contributed by atoms with van der Waals surface area (Å²) in [4.78, 5) is 10.3. The van der Waals surface area contributed by atoms with Gasteiger partial charge in [0.1, 0.15) is 12.4 Å². The summed E-state index contributed by atoms with van der Waals surface area (Å²) in [5, 5.41) is 19.5. The SMILES string of the molecule is Cc1cc(OCc2nnc(NN)s2)ccc1[N+](=O)[O-]. The number of nitrogens with zero attached hydrogens (tertiary/aromatic N) is 3. The van der Waals surface area contributed by atoms with Crippen LogP contribution in [-0.4, -0.2) is 15.1 Å². The van der Waals surface area contributed by atoms with Crippen molar-refractivity contribution in [1.82, 2.24) is 10.2 Å². The predicted octanol–water partition coefficient (Wildman–Crippen LogP) is 1.62. The summed E-state index contributed by atoms with van der Waals surface area (Å²) in [6.45, 7) is 1.89. The highest BCUT2D eigenvalue weighted by molar-refractivity contribution is 7.15. The molecule has 0 saturated carbocycles. The Labute approximate surface area is 112 Å². The van der Waals surface area contributed by atoms with E-state index in [1.807, 2.05) is 0 Å². The maximum Gasteiger partial charge on any atom is 0.272 e. The van der Waals surface area contributed by atoms with Crippen molar-refractivity contribution in [2.45, 2.75) is 13.5 Å². The van der Waals surface area contributed by atoms with Crippen LogP contribution in [0.15, 0.2) is 18.2 Å². The summed E-state index contributed by atoms with van der Waals surface area (Å²) in [5.41, 5.74) is 3.00. The lowest BCUT2D eigenvalue weighted by Gasteiger charge is -2.04. The van der Waals surface area contributed by atoms with Crippen molar-refractivity contribution >= 4 is 22.2 Å². The summed E-state index contributed by atoms with van der Waals surface area (Å²) in [6, 6.07) is 4.58. The average molecular weight is 281 g/mol. The fourth-order valence-electron chi connectivity index (χ4n) is 1.44. The smallest absolute Gasteiger partial charge is 0.272 e. The predicted molar refractivity (Wildman–Crippen MR) is 69.9 cm³/mol. The molecule has 0 radical (unpaired) electrons. The number of nitro groups is 1. The molecule has 8 nitrogen and oxygen atoms in total. The summed E-state index contributed by atoms with van der Waals surface area (Å²) < 4.78 is 5.48. The zero-order chi connectivity index (χ0) is 13.8. The molecular formula is C10H11N5O3S. The highest BCUT2D eigenvalue weighted by atomic mass is 32.1. The summed E-state index contributed by atoms with van der Waals surface area (Å²) in [7, 11) is 0. The fraction of sp³-hybridized carbons (Fsp3) is 0.200. The first-order valence-electron chi connectivity index (χ1n) is 5.27. The van der Waals surface area contributed by atoms with Crippen LogP contribution >= 0.6 is 11.3 Å². The number of hydrogen-bond donors (Lipinski definition) is 2. The van der Waals surface area contributed by atoms with Crippen LogP contribution in [0.3, 0.4) is 0 Å². The molecule has 0 aliphatic rings. The van der Waals surface area contributed by atoms with E-state index in [0.29, 0.717) is 21.5 Å². The van der Waals surface area contributed by atoms with Crippen LogP contribution in [0, 0.1) is 17.0 Å². The number of nitrogens with two attached hydrogens (primary N) is 1. The number of aromatic nitrogens is 2. The van der Waals surface area contributed by atoms with Crippen molar-refractivity contribution in [3.8, 4) is 5.75 Å². The zero-order valence-electron chi connectivity index (χ0n) is 9.99. The third-order valence-electron chi connectivity index (χ3n) is 2.32. The molecule has 1 heterocycles. The minimum absolute atomic E-state index is 0.0675. The van der Waals surface area contributed by atoms with Crippen LogP contribution in [0.1, 0.15) is 10.6 Å². The molecule has 0 bridgehead atoms. The second-order valence-corrected chi connectivity index (χ2v) is 4.70. The van der Waals surface area contributed by atoms with Gasteiger partial charge in [-0.1, -0.05) is 11.3 Å². The molecule has 0 saturated heterocycles. The number of nitrogen functional groups attached to an aromatic ring is 1. The van der Waals surface area contributed by atoms with Gasteiger partial charge < -0.3 is 4.74 Å². The van der Waals surface area contributed by atoms with Crippen molar-refractivity contribution in [1.29, 1.82) is 0 Å². The number of hydrazine groups is 1. The van der Waals surface area contributed by atoms with Crippen molar-refractivity contribution in [2.75, 3.05) is 5.43 Å². The van der Waals surface area contributed by atoms with Gasteiger partial charge in [-0.05, 0) is 19.1 Å². The van der Waals surface area contributed by atoms with Gasteiger partial charge in [0, 0.05) is 11.6 Å². The Morgan fingerprint density at radius 3 is 2.89 bits per heavy atom. The number of nitro benzene ring substituents is 1. The molecule has 0 aliphatic carbocycles. The summed E-state index contributed by atoms with van der Waals surface area (Å²) >= 11 is 1.27. The fourth-order valence-corrected chi connectivity index (χ4v) is 2.00. The first-order valence-corrected chi connectivity index (χ1v) is 6.08. The molecule has 0 unspecified atom stereocenters. The van der Waals surface area contributed by atoms with Gasteiger partial charge in [0.15, 0.2) is 5.01 Å². The Morgan fingerprint density at radius 1 is 1.53 bits per heavy atom. The molecule has 2 rings (SSSR count). The second kappa shape index (κ2) is 5.59. The molecule has 1 aromatic heterocycles. The van der Waals surface area contributed by atoms with Crippen molar-refractivity contribution in [3.63, 3.8) is 0 Å². The zero-order valence-corrected chi connectivity index (χ0v) is 10.8. The number of nitrogens with one attached hydrogen (secondary N) is 1. The van der Waals surface area contributed by atoms with E-state index in [2.05, 4.69) is 15.6 Å². The lowest BCUT2D eigenvalue weighted by molar-refractivity contribution is -0.385. The standard InChI is InChI=1S/C10H11N5O3S/c1-6-4-7(2-3-8(6)15(16)17)18-5-9-13-14-10(12-11)19-9/h2-4H,5,11H2,1H3,(H,12,14). The maximum atomic E-state index is 10.7. The lowest BCUT2D eigenvalue weighted by Crippen LogP contribution is -2.05. The van der Waals surface area contributed by atoms with E-state index in [4.69, 9.17) is 10.6 Å². The molecule has 1 aromatic carbocycles. The molecule has 0 amide bonds. The van der Waals surface area contributed by atoms with Crippen LogP contribution in [0.5, 0.6) is 5.75 Å². The first kappa shape index (κ1) is 13.2. The minimum Gasteiger partial charge on any atom is -0.486 e. The summed E-state index contributed by atoms with van der Waals surface area (Å²) in [6.07, 6.45) is 0. The van der Waals surface area contributed by atoms with Crippen LogP contribution < -0.4 is 16.0 Å². The Bertz CT molecular complexity index is 601. The van der Waals surface area contributed by atoms with E-state index in [1.165, 1.54) is 17.4 Å². The van der Waals surface area contributed by atoms with Gasteiger partial charge in [0.05, 0.1) is 4.92 Å². The first-order chi connectivity index (χ1) is 9.10. The van der Waals surface area contributed by atoms with Gasteiger partial charge in [0.2, 0.25) is 5.13 Å². The molecule has 3 N–H and O–H groups in total. The monoisotopic (exact) mass is 281 g/mol. The Hall–Kier alpha value is -2.26. The largest absolute Gasteiger partial charge is 0.486 e. The average Bonchev–Trinajstić information content (AvgIpc) is 2.84. The lowest BCUT2D eigenvalue weighted by atomic mass is 10.2. The van der Waals surface area contributed by atoms with Crippen molar-refractivity contribution < 1.29 is 9.66 Å².